The maximum atomic E-state index is 2.64. The standard InChI is InChI=1S/C8H21N3Si/c1-5-6-7-11-8(9(2)3)10(4)12-11/h8H,5-7,12H2,1-4H3. The van der Waals surface area contributed by atoms with Crippen molar-refractivity contribution in [3.8, 4) is 0 Å². The van der Waals surface area contributed by atoms with Crippen molar-refractivity contribution in [2.45, 2.75) is 26.1 Å². The van der Waals surface area contributed by atoms with Crippen molar-refractivity contribution in [1.29, 1.82) is 0 Å². The summed E-state index contributed by atoms with van der Waals surface area (Å²) in [6.45, 7) is 3.56. The summed E-state index contributed by atoms with van der Waals surface area (Å²) in [5, 5.41) is 0. The molecule has 1 unspecified atom stereocenters. The molecule has 0 aromatic rings. The van der Waals surface area contributed by atoms with Crippen LogP contribution in [0.3, 0.4) is 0 Å². The fourth-order valence-electron chi connectivity index (χ4n) is 1.88. The van der Waals surface area contributed by atoms with Crippen LogP contribution in [0.15, 0.2) is 0 Å². The predicted octanol–water partition coefficient (Wildman–Crippen LogP) is -0.122. The van der Waals surface area contributed by atoms with Gasteiger partial charge >= 0.3 is 0 Å². The molecule has 0 aromatic heterocycles. The third kappa shape index (κ3) is 2.07. The highest BCUT2D eigenvalue weighted by Gasteiger charge is 2.34. The smallest absolute Gasteiger partial charge is 0.177 e. The van der Waals surface area contributed by atoms with Crippen LogP contribution in [-0.2, 0) is 0 Å². The summed E-state index contributed by atoms with van der Waals surface area (Å²) < 4.78 is 5.14. The first-order chi connectivity index (χ1) is 5.66. The zero-order valence-electron chi connectivity index (χ0n) is 8.75. The van der Waals surface area contributed by atoms with Crippen molar-refractivity contribution < 1.29 is 0 Å². The third-order valence-electron chi connectivity index (χ3n) is 2.39. The molecule has 0 saturated carbocycles. The third-order valence-corrected chi connectivity index (χ3v) is 4.17. The highest BCUT2D eigenvalue weighted by Crippen LogP contribution is 2.16. The molecule has 1 fully saturated rings. The molecule has 3 nitrogen and oxygen atoms in total. The minimum atomic E-state index is -0.0422. The Kier molecular flexibility index (Phi) is 3.70. The molecule has 4 heteroatoms. The number of nitrogens with zero attached hydrogens (tertiary/aromatic N) is 3. The minimum Gasteiger partial charge on any atom is -0.292 e. The minimum absolute atomic E-state index is 0.0422. The van der Waals surface area contributed by atoms with Gasteiger partial charge in [0.05, 0.1) is 0 Å². The lowest BCUT2D eigenvalue weighted by Crippen LogP contribution is -2.70. The van der Waals surface area contributed by atoms with Gasteiger partial charge in [0.15, 0.2) is 9.84 Å². The maximum Gasteiger partial charge on any atom is 0.177 e. The topological polar surface area (TPSA) is 9.72 Å². The molecule has 12 heavy (non-hydrogen) atoms. The van der Waals surface area contributed by atoms with Crippen LogP contribution in [0, 0.1) is 0 Å². The molecule has 1 heterocycles. The monoisotopic (exact) mass is 187 g/mol. The van der Waals surface area contributed by atoms with Crippen molar-refractivity contribution in [2.75, 3.05) is 27.7 Å². The molecule has 1 aliphatic rings. The first-order valence-corrected chi connectivity index (χ1v) is 6.04. The van der Waals surface area contributed by atoms with Crippen LogP contribution in [0.1, 0.15) is 19.8 Å². The van der Waals surface area contributed by atoms with E-state index in [4.69, 9.17) is 0 Å². The van der Waals surface area contributed by atoms with Gasteiger partial charge in [-0.3, -0.25) is 14.0 Å². The lowest BCUT2D eigenvalue weighted by Gasteiger charge is -2.52. The van der Waals surface area contributed by atoms with Gasteiger partial charge in [0.2, 0.25) is 0 Å². The quantitative estimate of drug-likeness (QED) is 0.568. The number of hydrogen-bond acceptors (Lipinski definition) is 3. The van der Waals surface area contributed by atoms with Gasteiger partial charge in [-0.25, -0.2) is 0 Å². The van der Waals surface area contributed by atoms with Gasteiger partial charge in [-0.2, -0.15) is 0 Å². The first-order valence-electron chi connectivity index (χ1n) is 4.77. The average molecular weight is 187 g/mol. The fraction of sp³-hybridized carbons (Fsp3) is 1.00. The summed E-state index contributed by atoms with van der Waals surface area (Å²) in [6, 6.07) is 0. The summed E-state index contributed by atoms with van der Waals surface area (Å²) in [6.07, 6.45) is 3.27. The predicted molar refractivity (Wildman–Crippen MR) is 55.4 cm³/mol. The van der Waals surface area contributed by atoms with Gasteiger partial charge < -0.3 is 0 Å². The maximum absolute atomic E-state index is 2.64. The molecule has 1 rings (SSSR count). The van der Waals surface area contributed by atoms with E-state index in [0.29, 0.717) is 6.29 Å². The van der Waals surface area contributed by atoms with Crippen LogP contribution in [0.25, 0.3) is 0 Å². The van der Waals surface area contributed by atoms with E-state index in [-0.39, 0.29) is 9.84 Å². The molecule has 0 radical (unpaired) electrons. The Hall–Kier alpha value is 0.0969. The second-order valence-corrected chi connectivity index (χ2v) is 5.97. The van der Waals surface area contributed by atoms with E-state index in [0.717, 1.165) is 0 Å². The van der Waals surface area contributed by atoms with Crippen molar-refractivity contribution >= 4 is 9.84 Å². The van der Waals surface area contributed by atoms with E-state index >= 15 is 0 Å². The van der Waals surface area contributed by atoms with Crippen molar-refractivity contribution in [3.63, 3.8) is 0 Å². The van der Waals surface area contributed by atoms with Gasteiger partial charge in [0.1, 0.15) is 6.29 Å². The van der Waals surface area contributed by atoms with Gasteiger partial charge in [-0.05, 0) is 34.1 Å². The van der Waals surface area contributed by atoms with Crippen LogP contribution < -0.4 is 0 Å². The lowest BCUT2D eigenvalue weighted by molar-refractivity contribution is -0.000422. The van der Waals surface area contributed by atoms with E-state index in [1.807, 2.05) is 0 Å². The summed E-state index contributed by atoms with van der Waals surface area (Å²) in [5.41, 5.74) is 0. The number of hydrogen-bond donors (Lipinski definition) is 0. The van der Waals surface area contributed by atoms with Gasteiger partial charge in [-0.15, -0.1) is 0 Å². The molecule has 0 aliphatic carbocycles. The molecule has 1 saturated heterocycles. The van der Waals surface area contributed by atoms with E-state index in [2.05, 4.69) is 42.1 Å². The molecule has 1 atom stereocenters. The number of rotatable bonds is 4. The average Bonchev–Trinajstić information content (AvgIpc) is 1.95. The summed E-state index contributed by atoms with van der Waals surface area (Å²) >= 11 is 0. The zero-order valence-corrected chi connectivity index (χ0v) is 10.2. The molecule has 0 N–H and O–H groups in total. The second kappa shape index (κ2) is 4.37. The zero-order chi connectivity index (χ0) is 9.14. The molecule has 0 aromatic carbocycles. The van der Waals surface area contributed by atoms with E-state index in [1.165, 1.54) is 19.4 Å². The van der Waals surface area contributed by atoms with Crippen LogP contribution in [-0.4, -0.2) is 57.9 Å². The van der Waals surface area contributed by atoms with Crippen molar-refractivity contribution in [1.82, 2.24) is 14.0 Å². The number of unbranched alkanes of at least 4 members (excludes halogenated alkanes) is 1. The van der Waals surface area contributed by atoms with E-state index in [1.54, 1.807) is 0 Å². The molecule has 0 amide bonds. The second-order valence-electron chi connectivity index (χ2n) is 3.87. The SMILES string of the molecule is CCCCN1[SiH2]N(C)C1N(C)C. The Morgan fingerprint density at radius 3 is 2.50 bits per heavy atom. The van der Waals surface area contributed by atoms with Gasteiger partial charge in [0, 0.05) is 0 Å². The molecule has 0 spiro atoms. The van der Waals surface area contributed by atoms with Crippen LogP contribution in [0.5, 0.6) is 0 Å². The largest absolute Gasteiger partial charge is 0.292 e. The molecular formula is C8H21N3Si. The van der Waals surface area contributed by atoms with Crippen LogP contribution >= 0.6 is 0 Å². The molecule has 1 aliphatic heterocycles. The van der Waals surface area contributed by atoms with E-state index < -0.39 is 0 Å². The van der Waals surface area contributed by atoms with Gasteiger partial charge in [-0.1, -0.05) is 13.3 Å². The Morgan fingerprint density at radius 1 is 1.42 bits per heavy atom. The summed E-state index contributed by atoms with van der Waals surface area (Å²) in [5.74, 6) is 0. The molecular weight excluding hydrogens is 166 g/mol. The highest BCUT2D eigenvalue weighted by atomic mass is 28.2. The van der Waals surface area contributed by atoms with Crippen molar-refractivity contribution in [3.05, 3.63) is 0 Å². The molecule has 0 bridgehead atoms. The summed E-state index contributed by atoms with van der Waals surface area (Å²) in [4.78, 5) is 2.30. The Morgan fingerprint density at radius 2 is 2.08 bits per heavy atom. The lowest BCUT2D eigenvalue weighted by atomic mass is 10.3. The van der Waals surface area contributed by atoms with Gasteiger partial charge in [0.25, 0.3) is 0 Å². The van der Waals surface area contributed by atoms with Crippen LogP contribution in [0.2, 0.25) is 0 Å². The molecule has 72 valence electrons. The normalized spacial score (nSPS) is 28.2. The van der Waals surface area contributed by atoms with E-state index in [9.17, 15) is 0 Å². The Labute approximate surface area is 78.3 Å². The van der Waals surface area contributed by atoms with Crippen molar-refractivity contribution in [2.24, 2.45) is 0 Å². The fourth-order valence-corrected chi connectivity index (χ4v) is 3.97. The van der Waals surface area contributed by atoms with Crippen LogP contribution in [0.4, 0.5) is 0 Å². The summed E-state index contributed by atoms with van der Waals surface area (Å²) in [7, 11) is 6.51. The Bertz CT molecular complexity index is 136. The Balaban J connectivity index is 2.28. The first kappa shape index (κ1) is 10.2. The highest BCUT2D eigenvalue weighted by molar-refractivity contribution is 6.31.